The van der Waals surface area contributed by atoms with E-state index < -0.39 is 0 Å². The van der Waals surface area contributed by atoms with Crippen LogP contribution in [0.5, 0.6) is 0 Å². The van der Waals surface area contributed by atoms with Crippen LogP contribution in [0, 0.1) is 0 Å². The molecule has 0 fully saturated rings. The maximum absolute atomic E-state index is 13.3. The van der Waals surface area contributed by atoms with Crippen molar-refractivity contribution in [3.05, 3.63) is 97.1 Å². The monoisotopic (exact) mass is 538 g/mol. The zero-order valence-electron chi connectivity index (χ0n) is 21.4. The van der Waals surface area contributed by atoms with Gasteiger partial charge in [-0.2, -0.15) is 0 Å². The number of anilines is 3. The van der Waals surface area contributed by atoms with Gasteiger partial charge in [0.1, 0.15) is 0 Å². The number of hydrogen-bond acceptors (Lipinski definition) is 3. The fraction of sp³-hybridized carbons (Fsp3) is 0.161. The highest BCUT2D eigenvalue weighted by molar-refractivity contribution is 8.00. The molecule has 5 aromatic rings. The summed E-state index contributed by atoms with van der Waals surface area (Å²) in [6, 6.07) is 32.4. The molecule has 3 N–H and O–H groups in total. The molecular formula is C31H30N4OS2. The van der Waals surface area contributed by atoms with Crippen molar-refractivity contribution in [3.63, 3.8) is 0 Å². The third-order valence-electron chi connectivity index (χ3n) is 6.42. The fourth-order valence-corrected chi connectivity index (χ4v) is 5.89. The molecule has 7 heteroatoms. The van der Waals surface area contributed by atoms with Crippen LogP contribution in [0.2, 0.25) is 0 Å². The first kappa shape index (κ1) is 25.8. The molecule has 192 valence electrons. The zero-order valence-corrected chi connectivity index (χ0v) is 23.0. The molecule has 1 amide bonds. The second kappa shape index (κ2) is 11.7. The summed E-state index contributed by atoms with van der Waals surface area (Å²) in [5, 5.41) is 12.2. The van der Waals surface area contributed by atoms with Crippen molar-refractivity contribution in [3.8, 4) is 0 Å². The Labute approximate surface area is 232 Å². The standard InChI is InChI=1S/C31H30N4OS2/c1-3-29(38-24-14-10-13-22(19-24)34-31(37)33-21-11-6-5-7-12-21)30(36)32-23-17-18-28-26(20-23)25-15-8-9-16-27(25)35(28)4-2/h5-20,29H,3-4H2,1-2H3,(H,32,36)(H2,33,34,37). The van der Waals surface area contributed by atoms with Crippen molar-refractivity contribution >= 4 is 73.9 Å². The molecule has 0 spiro atoms. The minimum absolute atomic E-state index is 0.00397. The Hall–Kier alpha value is -3.81. The average molecular weight is 539 g/mol. The lowest BCUT2D eigenvalue weighted by molar-refractivity contribution is -0.115. The predicted octanol–water partition coefficient (Wildman–Crippen LogP) is 8.13. The van der Waals surface area contributed by atoms with Gasteiger partial charge in [-0.15, -0.1) is 11.8 Å². The molecule has 38 heavy (non-hydrogen) atoms. The molecule has 0 aliphatic carbocycles. The number of thiocarbonyl (C=S) groups is 1. The molecule has 1 unspecified atom stereocenters. The highest BCUT2D eigenvalue weighted by atomic mass is 32.2. The third kappa shape index (κ3) is 5.69. The molecular weight excluding hydrogens is 509 g/mol. The SMILES string of the molecule is CCC(Sc1cccc(NC(=S)Nc2ccccc2)c1)C(=O)Nc1ccc2c(c1)c1ccccc1n2CC. The van der Waals surface area contributed by atoms with E-state index in [2.05, 4.69) is 63.8 Å². The van der Waals surface area contributed by atoms with Crippen LogP contribution in [-0.2, 0) is 11.3 Å². The summed E-state index contributed by atoms with van der Waals surface area (Å²) >= 11 is 7.02. The largest absolute Gasteiger partial charge is 0.341 e. The zero-order chi connectivity index (χ0) is 26.5. The van der Waals surface area contributed by atoms with E-state index in [1.54, 1.807) is 11.8 Å². The van der Waals surface area contributed by atoms with Gasteiger partial charge in [0.2, 0.25) is 5.91 Å². The lowest BCUT2D eigenvalue weighted by atomic mass is 10.1. The molecule has 5 nitrogen and oxygen atoms in total. The van der Waals surface area contributed by atoms with Crippen molar-refractivity contribution in [2.24, 2.45) is 0 Å². The molecule has 0 aliphatic heterocycles. The summed E-state index contributed by atoms with van der Waals surface area (Å²) in [5.41, 5.74) is 5.00. The number of hydrogen-bond donors (Lipinski definition) is 3. The highest BCUT2D eigenvalue weighted by Gasteiger charge is 2.19. The van der Waals surface area contributed by atoms with Gasteiger partial charge >= 0.3 is 0 Å². The summed E-state index contributed by atoms with van der Waals surface area (Å²) < 4.78 is 2.31. The number of carbonyl (C=O) groups is 1. The molecule has 1 atom stereocenters. The van der Waals surface area contributed by atoms with Crippen molar-refractivity contribution < 1.29 is 4.79 Å². The number of aromatic nitrogens is 1. The van der Waals surface area contributed by atoms with Crippen LogP contribution in [0.4, 0.5) is 17.1 Å². The number of carbonyl (C=O) groups excluding carboxylic acids is 1. The molecule has 0 bridgehead atoms. The minimum Gasteiger partial charge on any atom is -0.341 e. The Morgan fingerprint density at radius 2 is 1.45 bits per heavy atom. The van der Waals surface area contributed by atoms with Gasteiger partial charge in [-0.1, -0.05) is 49.4 Å². The van der Waals surface area contributed by atoms with Gasteiger partial charge < -0.3 is 20.5 Å². The third-order valence-corrected chi connectivity index (χ3v) is 7.98. The van der Waals surface area contributed by atoms with Gasteiger partial charge in [0.15, 0.2) is 5.11 Å². The van der Waals surface area contributed by atoms with Gasteiger partial charge in [-0.25, -0.2) is 0 Å². The molecule has 4 aromatic carbocycles. The minimum atomic E-state index is -0.229. The summed E-state index contributed by atoms with van der Waals surface area (Å²) in [4.78, 5) is 14.3. The van der Waals surface area contributed by atoms with Gasteiger partial charge in [0.05, 0.1) is 5.25 Å². The van der Waals surface area contributed by atoms with Gasteiger partial charge in [-0.05, 0) is 80.2 Å². The first-order valence-corrected chi connectivity index (χ1v) is 14.1. The number of thioether (sulfide) groups is 1. The number of fused-ring (bicyclic) bond motifs is 3. The van der Waals surface area contributed by atoms with Gasteiger partial charge in [-0.3, -0.25) is 4.79 Å². The number of nitrogens with zero attached hydrogens (tertiary/aromatic N) is 1. The van der Waals surface area contributed by atoms with Crippen LogP contribution in [-0.4, -0.2) is 20.8 Å². The first-order valence-electron chi connectivity index (χ1n) is 12.8. The Bertz CT molecular complexity index is 1600. The van der Waals surface area contributed by atoms with Crippen LogP contribution in [0.15, 0.2) is 102 Å². The second-order valence-corrected chi connectivity index (χ2v) is 10.7. The number of nitrogens with one attached hydrogen (secondary N) is 3. The van der Waals surface area contributed by atoms with Crippen LogP contribution < -0.4 is 16.0 Å². The van der Waals surface area contributed by atoms with Crippen molar-refractivity contribution in [2.45, 2.75) is 37.0 Å². The molecule has 0 aliphatic rings. The highest BCUT2D eigenvalue weighted by Crippen LogP contribution is 2.32. The van der Waals surface area contributed by atoms with E-state index in [1.165, 1.54) is 16.4 Å². The fourth-order valence-electron chi connectivity index (χ4n) is 4.64. The number of rotatable bonds is 8. The second-order valence-electron chi connectivity index (χ2n) is 8.97. The lowest BCUT2D eigenvalue weighted by Gasteiger charge is -2.16. The number of para-hydroxylation sites is 2. The predicted molar refractivity (Wildman–Crippen MR) is 166 cm³/mol. The molecule has 0 saturated carbocycles. The topological polar surface area (TPSA) is 58.1 Å². The molecule has 0 radical (unpaired) electrons. The summed E-state index contributed by atoms with van der Waals surface area (Å²) in [7, 11) is 0. The van der Waals surface area contributed by atoms with E-state index in [-0.39, 0.29) is 11.2 Å². The van der Waals surface area contributed by atoms with Crippen LogP contribution in [0.25, 0.3) is 21.8 Å². The molecule has 0 saturated heterocycles. The number of aryl methyl sites for hydroxylation is 1. The Morgan fingerprint density at radius 1 is 0.763 bits per heavy atom. The normalized spacial score (nSPS) is 11.8. The van der Waals surface area contributed by atoms with E-state index in [0.29, 0.717) is 11.5 Å². The van der Waals surface area contributed by atoms with Crippen molar-refractivity contribution in [2.75, 3.05) is 16.0 Å². The Morgan fingerprint density at radius 3 is 2.24 bits per heavy atom. The quantitative estimate of drug-likeness (QED) is 0.138. The Kier molecular flexibility index (Phi) is 7.96. The smallest absolute Gasteiger partial charge is 0.237 e. The Balaban J connectivity index is 1.28. The maximum atomic E-state index is 13.3. The molecule has 5 rings (SSSR count). The molecule has 1 heterocycles. The first-order chi connectivity index (χ1) is 18.6. The number of amides is 1. The maximum Gasteiger partial charge on any atom is 0.237 e. The average Bonchev–Trinajstić information content (AvgIpc) is 3.25. The van der Waals surface area contributed by atoms with E-state index in [1.807, 2.05) is 67.6 Å². The summed E-state index contributed by atoms with van der Waals surface area (Å²) in [5.74, 6) is -0.00397. The summed E-state index contributed by atoms with van der Waals surface area (Å²) in [6.07, 6.45) is 0.708. The van der Waals surface area contributed by atoms with Crippen LogP contribution in [0.1, 0.15) is 20.3 Å². The van der Waals surface area contributed by atoms with Crippen LogP contribution in [0.3, 0.4) is 0 Å². The summed E-state index contributed by atoms with van der Waals surface area (Å²) in [6.45, 7) is 5.09. The van der Waals surface area contributed by atoms with E-state index in [4.69, 9.17) is 12.2 Å². The lowest BCUT2D eigenvalue weighted by Crippen LogP contribution is -2.24. The van der Waals surface area contributed by atoms with Crippen molar-refractivity contribution in [1.29, 1.82) is 0 Å². The number of benzene rings is 4. The van der Waals surface area contributed by atoms with E-state index in [0.717, 1.165) is 33.9 Å². The van der Waals surface area contributed by atoms with Gasteiger partial charge in [0, 0.05) is 50.3 Å². The van der Waals surface area contributed by atoms with E-state index in [9.17, 15) is 4.79 Å². The van der Waals surface area contributed by atoms with Crippen molar-refractivity contribution in [1.82, 2.24) is 4.57 Å². The van der Waals surface area contributed by atoms with Crippen LogP contribution >= 0.6 is 24.0 Å². The van der Waals surface area contributed by atoms with Gasteiger partial charge in [0.25, 0.3) is 0 Å². The molecule has 1 aromatic heterocycles. The van der Waals surface area contributed by atoms with E-state index >= 15 is 0 Å².